The number of hydrogen-bond acceptors (Lipinski definition) is 3. The van der Waals surface area contributed by atoms with Crippen molar-refractivity contribution < 1.29 is 9.32 Å². The Hall–Kier alpha value is -1.32. The standard InChI is InChI=1S/C14H24N2O2/c1-4-6-12(7-5-2)14(17)15-9-8-13-10-11(3)16-18-13/h10,12H,4-9H2,1-3H3,(H,15,17). The maximum atomic E-state index is 12.0. The maximum absolute atomic E-state index is 12.0. The molecule has 0 unspecified atom stereocenters. The largest absolute Gasteiger partial charge is 0.361 e. The zero-order valence-electron chi connectivity index (χ0n) is 11.7. The first-order chi connectivity index (χ1) is 8.67. The van der Waals surface area contributed by atoms with Crippen LogP contribution in [-0.2, 0) is 11.2 Å². The molecule has 1 rings (SSSR count). The Morgan fingerprint density at radius 3 is 2.56 bits per heavy atom. The lowest BCUT2D eigenvalue weighted by atomic mass is 9.97. The van der Waals surface area contributed by atoms with Crippen molar-refractivity contribution in [3.8, 4) is 0 Å². The minimum Gasteiger partial charge on any atom is -0.361 e. The van der Waals surface area contributed by atoms with E-state index in [4.69, 9.17) is 4.52 Å². The molecule has 0 saturated carbocycles. The molecule has 0 bridgehead atoms. The Balaban J connectivity index is 2.30. The molecule has 1 N–H and O–H groups in total. The molecule has 1 aromatic rings. The van der Waals surface area contributed by atoms with Gasteiger partial charge in [0.2, 0.25) is 5.91 Å². The molecule has 1 amide bonds. The minimum atomic E-state index is 0.163. The Bertz CT molecular complexity index is 354. The molecule has 18 heavy (non-hydrogen) atoms. The zero-order chi connectivity index (χ0) is 13.4. The maximum Gasteiger partial charge on any atom is 0.223 e. The number of nitrogens with one attached hydrogen (secondary N) is 1. The smallest absolute Gasteiger partial charge is 0.223 e. The Kier molecular flexibility index (Phi) is 6.47. The van der Waals surface area contributed by atoms with E-state index < -0.39 is 0 Å². The summed E-state index contributed by atoms with van der Waals surface area (Å²) < 4.78 is 5.10. The summed E-state index contributed by atoms with van der Waals surface area (Å²) in [5.41, 5.74) is 0.881. The fourth-order valence-electron chi connectivity index (χ4n) is 2.09. The Morgan fingerprint density at radius 1 is 1.39 bits per heavy atom. The van der Waals surface area contributed by atoms with Crippen molar-refractivity contribution in [3.63, 3.8) is 0 Å². The summed E-state index contributed by atoms with van der Waals surface area (Å²) in [5, 5.41) is 6.80. The molecule has 0 radical (unpaired) electrons. The van der Waals surface area contributed by atoms with Crippen LogP contribution in [0.1, 0.15) is 51.0 Å². The first-order valence-corrected chi connectivity index (χ1v) is 6.87. The van der Waals surface area contributed by atoms with Gasteiger partial charge in [-0.25, -0.2) is 0 Å². The number of amides is 1. The van der Waals surface area contributed by atoms with Crippen LogP contribution in [0.5, 0.6) is 0 Å². The number of rotatable bonds is 8. The van der Waals surface area contributed by atoms with Crippen molar-refractivity contribution in [2.75, 3.05) is 6.54 Å². The van der Waals surface area contributed by atoms with Crippen molar-refractivity contribution in [2.45, 2.75) is 52.9 Å². The molecule has 0 aliphatic rings. The van der Waals surface area contributed by atoms with Gasteiger partial charge in [0.25, 0.3) is 0 Å². The quantitative estimate of drug-likeness (QED) is 0.774. The molecule has 0 aliphatic carbocycles. The number of aromatic nitrogens is 1. The van der Waals surface area contributed by atoms with E-state index in [1.54, 1.807) is 0 Å². The lowest BCUT2D eigenvalue weighted by Crippen LogP contribution is -2.32. The van der Waals surface area contributed by atoms with E-state index in [0.717, 1.165) is 37.1 Å². The first kappa shape index (κ1) is 14.7. The normalized spacial score (nSPS) is 10.9. The zero-order valence-corrected chi connectivity index (χ0v) is 11.7. The summed E-state index contributed by atoms with van der Waals surface area (Å²) in [6.45, 7) is 6.75. The van der Waals surface area contributed by atoms with Gasteiger partial charge in [0.15, 0.2) is 0 Å². The van der Waals surface area contributed by atoms with Crippen molar-refractivity contribution >= 4 is 5.91 Å². The number of carbonyl (C=O) groups is 1. The number of nitrogens with zero attached hydrogens (tertiary/aromatic N) is 1. The van der Waals surface area contributed by atoms with Gasteiger partial charge in [-0.05, 0) is 19.8 Å². The molecule has 0 spiro atoms. The van der Waals surface area contributed by atoms with Gasteiger partial charge in [0.05, 0.1) is 5.69 Å². The molecule has 0 aromatic carbocycles. The summed E-state index contributed by atoms with van der Waals surface area (Å²) in [7, 11) is 0. The third-order valence-corrected chi connectivity index (χ3v) is 2.99. The molecule has 0 aliphatic heterocycles. The molecule has 4 nitrogen and oxygen atoms in total. The molecule has 4 heteroatoms. The van der Waals surface area contributed by atoms with Crippen LogP contribution < -0.4 is 5.32 Å². The summed E-state index contributed by atoms with van der Waals surface area (Å²) in [6.07, 6.45) is 4.76. The molecular weight excluding hydrogens is 228 g/mol. The summed E-state index contributed by atoms with van der Waals surface area (Å²) in [5.74, 6) is 1.17. The van der Waals surface area contributed by atoms with Gasteiger partial charge in [-0.2, -0.15) is 0 Å². The molecule has 1 aromatic heterocycles. The van der Waals surface area contributed by atoms with Crippen LogP contribution in [0.4, 0.5) is 0 Å². The lowest BCUT2D eigenvalue weighted by molar-refractivity contribution is -0.125. The van der Waals surface area contributed by atoms with Gasteiger partial charge in [0, 0.05) is 24.9 Å². The topological polar surface area (TPSA) is 55.1 Å². The van der Waals surface area contributed by atoms with E-state index in [1.807, 2.05) is 13.0 Å². The van der Waals surface area contributed by atoms with Crippen molar-refractivity contribution in [1.29, 1.82) is 0 Å². The van der Waals surface area contributed by atoms with Crippen LogP contribution in [0, 0.1) is 12.8 Å². The molecule has 0 fully saturated rings. The second-order valence-electron chi connectivity index (χ2n) is 4.75. The van der Waals surface area contributed by atoms with Gasteiger partial charge < -0.3 is 9.84 Å². The number of aryl methyl sites for hydroxylation is 1. The Morgan fingerprint density at radius 2 is 2.06 bits per heavy atom. The fourth-order valence-corrected chi connectivity index (χ4v) is 2.09. The average Bonchev–Trinajstić information content (AvgIpc) is 2.75. The predicted octanol–water partition coefficient (Wildman–Crippen LogP) is 2.86. The SMILES string of the molecule is CCCC(CCC)C(=O)NCCc1cc(C)no1. The molecular formula is C14H24N2O2. The second kappa shape index (κ2) is 7.90. The second-order valence-corrected chi connectivity index (χ2v) is 4.75. The van der Waals surface area contributed by atoms with E-state index >= 15 is 0 Å². The van der Waals surface area contributed by atoms with Gasteiger partial charge in [-0.3, -0.25) is 4.79 Å². The Labute approximate surface area is 109 Å². The van der Waals surface area contributed by atoms with Crippen LogP contribution in [0.25, 0.3) is 0 Å². The fraction of sp³-hybridized carbons (Fsp3) is 0.714. The van der Waals surface area contributed by atoms with E-state index in [9.17, 15) is 4.79 Å². The van der Waals surface area contributed by atoms with E-state index in [2.05, 4.69) is 24.3 Å². The highest BCUT2D eigenvalue weighted by molar-refractivity contribution is 5.78. The first-order valence-electron chi connectivity index (χ1n) is 6.87. The highest BCUT2D eigenvalue weighted by Crippen LogP contribution is 2.13. The van der Waals surface area contributed by atoms with Crippen molar-refractivity contribution in [2.24, 2.45) is 5.92 Å². The third-order valence-electron chi connectivity index (χ3n) is 2.99. The third kappa shape index (κ3) is 4.90. The van der Waals surface area contributed by atoms with E-state index in [0.29, 0.717) is 13.0 Å². The monoisotopic (exact) mass is 252 g/mol. The molecule has 0 saturated heterocycles. The van der Waals surface area contributed by atoms with Gasteiger partial charge in [0.1, 0.15) is 5.76 Å². The summed E-state index contributed by atoms with van der Waals surface area (Å²) in [4.78, 5) is 12.0. The van der Waals surface area contributed by atoms with E-state index in [-0.39, 0.29) is 11.8 Å². The van der Waals surface area contributed by atoms with Gasteiger partial charge in [-0.15, -0.1) is 0 Å². The van der Waals surface area contributed by atoms with Crippen LogP contribution in [0.3, 0.4) is 0 Å². The van der Waals surface area contributed by atoms with Crippen molar-refractivity contribution in [3.05, 3.63) is 17.5 Å². The van der Waals surface area contributed by atoms with Gasteiger partial charge >= 0.3 is 0 Å². The predicted molar refractivity (Wildman–Crippen MR) is 71.3 cm³/mol. The average molecular weight is 252 g/mol. The van der Waals surface area contributed by atoms with Gasteiger partial charge in [-0.1, -0.05) is 31.8 Å². The van der Waals surface area contributed by atoms with Crippen molar-refractivity contribution in [1.82, 2.24) is 10.5 Å². The molecule has 0 atom stereocenters. The lowest BCUT2D eigenvalue weighted by Gasteiger charge is -2.14. The highest BCUT2D eigenvalue weighted by Gasteiger charge is 2.15. The van der Waals surface area contributed by atoms with Crippen LogP contribution >= 0.6 is 0 Å². The molecule has 102 valence electrons. The number of hydrogen-bond donors (Lipinski definition) is 1. The van der Waals surface area contributed by atoms with E-state index in [1.165, 1.54) is 0 Å². The highest BCUT2D eigenvalue weighted by atomic mass is 16.5. The van der Waals surface area contributed by atoms with Crippen LogP contribution in [-0.4, -0.2) is 17.6 Å². The number of carbonyl (C=O) groups excluding carboxylic acids is 1. The van der Waals surface area contributed by atoms with Crippen LogP contribution in [0.2, 0.25) is 0 Å². The summed E-state index contributed by atoms with van der Waals surface area (Å²) >= 11 is 0. The van der Waals surface area contributed by atoms with Crippen LogP contribution in [0.15, 0.2) is 10.6 Å². The summed E-state index contributed by atoms with van der Waals surface area (Å²) in [6, 6.07) is 1.90. The minimum absolute atomic E-state index is 0.163. The molecule has 1 heterocycles.